The molecule has 4 N–H and O–H groups in total. The number of likely N-dealkylation sites (N-methyl/N-ethyl adjacent to an activating group) is 1. The van der Waals surface area contributed by atoms with E-state index < -0.39 is 0 Å². The fourth-order valence-corrected chi connectivity index (χ4v) is 1.89. The molecule has 1 heterocycles. The Morgan fingerprint density at radius 3 is 2.58 bits per heavy atom. The second kappa shape index (κ2) is 6.16. The van der Waals surface area contributed by atoms with Gasteiger partial charge in [0.05, 0.1) is 0 Å². The molecule has 6 nitrogen and oxygen atoms in total. The maximum Gasteiger partial charge on any atom is 0.148 e. The van der Waals surface area contributed by atoms with Gasteiger partial charge in [0.25, 0.3) is 0 Å². The molecule has 0 atom stereocenters. The SMILES string of the molecule is CCN(C)CCNc1nc(C2CC2)nc(NN)c1C. The van der Waals surface area contributed by atoms with Gasteiger partial charge in [0.2, 0.25) is 0 Å². The quantitative estimate of drug-likeness (QED) is 0.509. The maximum atomic E-state index is 5.53. The van der Waals surface area contributed by atoms with Gasteiger partial charge in [-0.15, -0.1) is 0 Å². The van der Waals surface area contributed by atoms with E-state index in [4.69, 9.17) is 5.84 Å². The number of nitrogens with one attached hydrogen (secondary N) is 2. The fraction of sp³-hybridized carbons (Fsp3) is 0.692. The predicted octanol–water partition coefficient (Wildman–Crippen LogP) is 1.31. The molecule has 19 heavy (non-hydrogen) atoms. The highest BCUT2D eigenvalue weighted by molar-refractivity contribution is 5.57. The van der Waals surface area contributed by atoms with Crippen molar-refractivity contribution in [2.75, 3.05) is 37.4 Å². The van der Waals surface area contributed by atoms with Crippen molar-refractivity contribution in [3.63, 3.8) is 0 Å². The van der Waals surface area contributed by atoms with Crippen LogP contribution in [0.15, 0.2) is 0 Å². The van der Waals surface area contributed by atoms with Crippen LogP contribution in [0, 0.1) is 6.92 Å². The van der Waals surface area contributed by atoms with Gasteiger partial charge in [-0.05, 0) is 33.4 Å². The van der Waals surface area contributed by atoms with Crippen LogP contribution in [-0.2, 0) is 0 Å². The van der Waals surface area contributed by atoms with Crippen LogP contribution in [0.25, 0.3) is 0 Å². The van der Waals surface area contributed by atoms with Gasteiger partial charge in [-0.2, -0.15) is 0 Å². The third kappa shape index (κ3) is 3.54. The number of aromatic nitrogens is 2. The zero-order chi connectivity index (χ0) is 13.8. The van der Waals surface area contributed by atoms with E-state index in [-0.39, 0.29) is 0 Å². The van der Waals surface area contributed by atoms with Gasteiger partial charge in [0.1, 0.15) is 17.5 Å². The van der Waals surface area contributed by atoms with E-state index in [0.29, 0.717) is 5.92 Å². The molecule has 0 unspecified atom stereocenters. The molecule has 0 aliphatic heterocycles. The van der Waals surface area contributed by atoms with Gasteiger partial charge in [-0.1, -0.05) is 6.92 Å². The molecule has 1 saturated carbocycles. The number of nitrogens with two attached hydrogens (primary N) is 1. The maximum absolute atomic E-state index is 5.53. The van der Waals surface area contributed by atoms with Crippen molar-refractivity contribution in [1.29, 1.82) is 0 Å². The molecule has 1 aliphatic carbocycles. The minimum Gasteiger partial charge on any atom is -0.368 e. The molecule has 0 aromatic carbocycles. The van der Waals surface area contributed by atoms with Gasteiger partial charge >= 0.3 is 0 Å². The Bertz CT molecular complexity index is 429. The van der Waals surface area contributed by atoms with E-state index in [0.717, 1.165) is 42.7 Å². The van der Waals surface area contributed by atoms with E-state index in [2.05, 4.69) is 39.6 Å². The minimum absolute atomic E-state index is 0.520. The summed E-state index contributed by atoms with van der Waals surface area (Å²) >= 11 is 0. The Morgan fingerprint density at radius 1 is 1.32 bits per heavy atom. The lowest BCUT2D eigenvalue weighted by molar-refractivity contribution is 0.367. The lowest BCUT2D eigenvalue weighted by Gasteiger charge is -2.16. The molecule has 0 radical (unpaired) electrons. The van der Waals surface area contributed by atoms with Crippen LogP contribution in [-0.4, -0.2) is 41.5 Å². The number of rotatable bonds is 7. The Labute approximate surface area is 114 Å². The Hall–Kier alpha value is -1.40. The largest absolute Gasteiger partial charge is 0.368 e. The van der Waals surface area contributed by atoms with Gasteiger partial charge in [-0.25, -0.2) is 15.8 Å². The van der Waals surface area contributed by atoms with Crippen molar-refractivity contribution in [1.82, 2.24) is 14.9 Å². The first kappa shape index (κ1) is 14.0. The van der Waals surface area contributed by atoms with Crippen molar-refractivity contribution in [3.8, 4) is 0 Å². The molecule has 0 bridgehead atoms. The van der Waals surface area contributed by atoms with Crippen LogP contribution >= 0.6 is 0 Å². The smallest absolute Gasteiger partial charge is 0.148 e. The molecule has 106 valence electrons. The molecule has 0 spiro atoms. The minimum atomic E-state index is 0.520. The normalized spacial score (nSPS) is 14.8. The van der Waals surface area contributed by atoms with Gasteiger partial charge in [-0.3, -0.25) is 0 Å². The van der Waals surface area contributed by atoms with Crippen LogP contribution < -0.4 is 16.6 Å². The van der Waals surface area contributed by atoms with Crippen molar-refractivity contribution in [2.24, 2.45) is 5.84 Å². The Balaban J connectivity index is 2.07. The molecule has 0 saturated heterocycles. The first-order chi connectivity index (χ1) is 9.15. The number of hydrogen-bond donors (Lipinski definition) is 3. The standard InChI is InChI=1S/C13H24N6/c1-4-19(3)8-7-15-11-9(2)12(18-14)17-13(16-11)10-5-6-10/h10H,4-8,14H2,1-3H3,(H2,15,16,17,18). The van der Waals surface area contributed by atoms with E-state index >= 15 is 0 Å². The highest BCUT2D eigenvalue weighted by atomic mass is 15.3. The summed E-state index contributed by atoms with van der Waals surface area (Å²) in [4.78, 5) is 11.4. The summed E-state index contributed by atoms with van der Waals surface area (Å²) in [6.07, 6.45) is 2.37. The summed E-state index contributed by atoms with van der Waals surface area (Å²) < 4.78 is 0. The summed E-state index contributed by atoms with van der Waals surface area (Å²) in [5, 5.41) is 3.39. The molecule has 2 rings (SSSR count). The molecular weight excluding hydrogens is 240 g/mol. The molecule has 6 heteroatoms. The summed E-state index contributed by atoms with van der Waals surface area (Å²) in [5.41, 5.74) is 3.65. The van der Waals surface area contributed by atoms with E-state index in [1.807, 2.05) is 6.92 Å². The molecule has 1 fully saturated rings. The molecular formula is C13H24N6. The third-order valence-electron chi connectivity index (χ3n) is 3.57. The third-order valence-corrected chi connectivity index (χ3v) is 3.57. The zero-order valence-electron chi connectivity index (χ0n) is 12.0. The second-order valence-corrected chi connectivity index (χ2v) is 5.15. The predicted molar refractivity (Wildman–Crippen MR) is 78.2 cm³/mol. The van der Waals surface area contributed by atoms with E-state index in [1.165, 1.54) is 12.8 Å². The van der Waals surface area contributed by atoms with Gasteiger partial charge in [0, 0.05) is 24.6 Å². The number of nitrogen functional groups attached to an aromatic ring is 1. The average molecular weight is 264 g/mol. The number of hydrogen-bond acceptors (Lipinski definition) is 6. The van der Waals surface area contributed by atoms with E-state index in [1.54, 1.807) is 0 Å². The van der Waals surface area contributed by atoms with E-state index in [9.17, 15) is 0 Å². The molecule has 1 aliphatic rings. The first-order valence-corrected chi connectivity index (χ1v) is 6.93. The number of nitrogens with zero attached hydrogens (tertiary/aromatic N) is 3. The van der Waals surface area contributed by atoms with Crippen LogP contribution in [0.1, 0.15) is 37.1 Å². The highest BCUT2D eigenvalue weighted by Gasteiger charge is 2.28. The number of hydrazine groups is 1. The van der Waals surface area contributed by atoms with Crippen molar-refractivity contribution in [2.45, 2.75) is 32.6 Å². The van der Waals surface area contributed by atoms with Gasteiger partial charge < -0.3 is 15.6 Å². The number of anilines is 2. The fourth-order valence-electron chi connectivity index (χ4n) is 1.89. The van der Waals surface area contributed by atoms with Crippen LogP contribution in [0.2, 0.25) is 0 Å². The lowest BCUT2D eigenvalue weighted by Crippen LogP contribution is -2.25. The lowest BCUT2D eigenvalue weighted by atomic mass is 10.3. The van der Waals surface area contributed by atoms with Crippen molar-refractivity contribution >= 4 is 11.6 Å². The topological polar surface area (TPSA) is 79.1 Å². The first-order valence-electron chi connectivity index (χ1n) is 6.93. The second-order valence-electron chi connectivity index (χ2n) is 5.15. The summed E-state index contributed by atoms with van der Waals surface area (Å²) in [5.74, 6) is 8.58. The Kier molecular flexibility index (Phi) is 4.55. The molecule has 0 amide bonds. The zero-order valence-corrected chi connectivity index (χ0v) is 12.0. The summed E-state index contributed by atoms with van der Waals surface area (Å²) in [6.45, 7) is 7.04. The van der Waals surface area contributed by atoms with Gasteiger partial charge in [0.15, 0.2) is 0 Å². The molecule has 1 aromatic rings. The summed E-state index contributed by atoms with van der Waals surface area (Å²) in [6, 6.07) is 0. The monoisotopic (exact) mass is 264 g/mol. The highest BCUT2D eigenvalue weighted by Crippen LogP contribution is 2.39. The summed E-state index contributed by atoms with van der Waals surface area (Å²) in [7, 11) is 2.11. The van der Waals surface area contributed by atoms with Crippen LogP contribution in [0.5, 0.6) is 0 Å². The van der Waals surface area contributed by atoms with Crippen molar-refractivity contribution < 1.29 is 0 Å². The van der Waals surface area contributed by atoms with Crippen molar-refractivity contribution in [3.05, 3.63) is 11.4 Å². The van der Waals surface area contributed by atoms with Crippen LogP contribution in [0.4, 0.5) is 11.6 Å². The Morgan fingerprint density at radius 2 is 2.00 bits per heavy atom. The molecule has 1 aromatic heterocycles. The average Bonchev–Trinajstić information content (AvgIpc) is 3.24. The van der Waals surface area contributed by atoms with Crippen LogP contribution in [0.3, 0.4) is 0 Å².